The molecule has 1 fully saturated rings. The maximum Gasteiger partial charge on any atom is 0.255 e. The number of benzene rings is 2. The second kappa shape index (κ2) is 6.45. The Morgan fingerprint density at radius 1 is 1.08 bits per heavy atom. The van der Waals surface area contributed by atoms with E-state index in [1.54, 1.807) is 42.5 Å². The van der Waals surface area contributed by atoms with Crippen molar-refractivity contribution in [3.05, 3.63) is 58.6 Å². The Labute approximate surface area is 144 Å². The average molecular weight is 343 g/mol. The number of nitrogens with one attached hydrogen (secondary N) is 1. The fraction of sp³-hybridized carbons (Fsp3) is 0.167. The molecule has 0 bridgehead atoms. The summed E-state index contributed by atoms with van der Waals surface area (Å²) in [6, 6.07) is 11.7. The van der Waals surface area contributed by atoms with Crippen molar-refractivity contribution in [1.82, 2.24) is 0 Å². The van der Waals surface area contributed by atoms with Crippen molar-refractivity contribution in [2.75, 3.05) is 10.2 Å². The molecule has 122 valence electrons. The van der Waals surface area contributed by atoms with Gasteiger partial charge in [-0.25, -0.2) is 0 Å². The number of anilines is 2. The van der Waals surface area contributed by atoms with Crippen molar-refractivity contribution in [3.63, 3.8) is 0 Å². The number of nitrogens with zero attached hydrogens (tertiary/aromatic N) is 1. The van der Waals surface area contributed by atoms with E-state index < -0.39 is 0 Å². The number of rotatable bonds is 3. The molecule has 0 aromatic heterocycles. The van der Waals surface area contributed by atoms with Gasteiger partial charge in [-0.1, -0.05) is 17.7 Å². The van der Waals surface area contributed by atoms with E-state index in [0.717, 1.165) is 10.5 Å². The first-order valence-electron chi connectivity index (χ1n) is 7.49. The lowest BCUT2D eigenvalue weighted by atomic mass is 10.1. The first-order valence-corrected chi connectivity index (χ1v) is 7.87. The van der Waals surface area contributed by atoms with E-state index in [4.69, 9.17) is 11.6 Å². The van der Waals surface area contributed by atoms with E-state index in [9.17, 15) is 14.4 Å². The number of halogens is 1. The van der Waals surface area contributed by atoms with Gasteiger partial charge in [0.2, 0.25) is 11.8 Å². The molecule has 3 amide bonds. The van der Waals surface area contributed by atoms with Crippen molar-refractivity contribution >= 4 is 40.7 Å². The van der Waals surface area contributed by atoms with Gasteiger partial charge in [-0.05, 0) is 48.9 Å². The minimum Gasteiger partial charge on any atom is -0.322 e. The van der Waals surface area contributed by atoms with Crippen LogP contribution < -0.4 is 10.2 Å². The minimum atomic E-state index is -0.318. The highest BCUT2D eigenvalue weighted by Crippen LogP contribution is 2.24. The van der Waals surface area contributed by atoms with Crippen molar-refractivity contribution in [2.24, 2.45) is 0 Å². The molecule has 1 aliphatic rings. The van der Waals surface area contributed by atoms with Crippen molar-refractivity contribution in [2.45, 2.75) is 19.8 Å². The Morgan fingerprint density at radius 3 is 2.46 bits per heavy atom. The maximum atomic E-state index is 12.4. The second-order valence-corrected chi connectivity index (χ2v) is 6.02. The Bertz CT molecular complexity index is 832. The van der Waals surface area contributed by atoms with E-state index in [-0.39, 0.29) is 30.6 Å². The normalized spacial score (nSPS) is 14.2. The summed E-state index contributed by atoms with van der Waals surface area (Å²) in [5, 5.41) is 3.40. The highest BCUT2D eigenvalue weighted by Gasteiger charge is 2.30. The molecule has 0 spiro atoms. The monoisotopic (exact) mass is 342 g/mol. The smallest absolute Gasteiger partial charge is 0.255 e. The molecule has 1 aliphatic heterocycles. The molecule has 2 aromatic rings. The van der Waals surface area contributed by atoms with Gasteiger partial charge in [0, 0.05) is 29.1 Å². The van der Waals surface area contributed by atoms with Gasteiger partial charge in [-0.2, -0.15) is 0 Å². The topological polar surface area (TPSA) is 66.5 Å². The van der Waals surface area contributed by atoms with Crippen molar-refractivity contribution in [1.29, 1.82) is 0 Å². The summed E-state index contributed by atoms with van der Waals surface area (Å²) in [6.45, 7) is 1.85. The molecule has 6 heteroatoms. The number of aryl methyl sites for hydroxylation is 1. The van der Waals surface area contributed by atoms with Gasteiger partial charge in [-0.15, -0.1) is 0 Å². The lowest BCUT2D eigenvalue weighted by molar-refractivity contribution is -0.121. The van der Waals surface area contributed by atoms with Gasteiger partial charge in [0.1, 0.15) is 0 Å². The number of hydrogen-bond donors (Lipinski definition) is 1. The van der Waals surface area contributed by atoms with E-state index >= 15 is 0 Å². The highest BCUT2D eigenvalue weighted by molar-refractivity contribution is 6.30. The summed E-state index contributed by atoms with van der Waals surface area (Å²) in [4.78, 5) is 37.2. The van der Waals surface area contributed by atoms with Gasteiger partial charge in [0.15, 0.2) is 0 Å². The Hall–Kier alpha value is -2.66. The van der Waals surface area contributed by atoms with Crippen LogP contribution in [0.3, 0.4) is 0 Å². The van der Waals surface area contributed by atoms with E-state index in [2.05, 4.69) is 5.32 Å². The largest absolute Gasteiger partial charge is 0.322 e. The molecule has 0 atom stereocenters. The first kappa shape index (κ1) is 16.2. The van der Waals surface area contributed by atoms with Crippen molar-refractivity contribution in [3.8, 4) is 0 Å². The molecule has 0 saturated carbocycles. The zero-order chi connectivity index (χ0) is 17.3. The SMILES string of the molecule is Cc1cc(Cl)ccc1NC(=O)c1cccc(N2C(=O)CCC2=O)c1. The third-order valence-electron chi connectivity index (χ3n) is 3.85. The van der Waals surface area contributed by atoms with E-state index in [1.165, 1.54) is 0 Å². The Morgan fingerprint density at radius 2 is 1.79 bits per heavy atom. The van der Waals surface area contributed by atoms with Crippen LogP contribution in [0.2, 0.25) is 5.02 Å². The number of hydrogen-bond acceptors (Lipinski definition) is 3. The number of carbonyl (C=O) groups excluding carboxylic acids is 3. The van der Waals surface area contributed by atoms with Gasteiger partial charge in [0.25, 0.3) is 5.91 Å². The van der Waals surface area contributed by atoms with Crippen LogP contribution in [-0.4, -0.2) is 17.7 Å². The molecule has 1 N–H and O–H groups in total. The van der Waals surface area contributed by atoms with Crippen LogP contribution in [0.1, 0.15) is 28.8 Å². The van der Waals surface area contributed by atoms with Gasteiger partial charge < -0.3 is 5.32 Å². The highest BCUT2D eigenvalue weighted by atomic mass is 35.5. The quantitative estimate of drug-likeness (QED) is 0.867. The third-order valence-corrected chi connectivity index (χ3v) is 4.09. The van der Waals surface area contributed by atoms with Crippen molar-refractivity contribution < 1.29 is 14.4 Å². The average Bonchev–Trinajstić information content (AvgIpc) is 2.89. The summed E-state index contributed by atoms with van der Waals surface area (Å²) in [5.41, 5.74) is 2.29. The first-order chi connectivity index (χ1) is 11.5. The van der Waals surface area contributed by atoms with Crippen LogP contribution in [0.4, 0.5) is 11.4 Å². The fourth-order valence-corrected chi connectivity index (χ4v) is 2.84. The zero-order valence-electron chi connectivity index (χ0n) is 13.0. The molecule has 0 unspecified atom stereocenters. The van der Waals surface area contributed by atoms with Crippen LogP contribution in [0.5, 0.6) is 0 Å². The molecule has 1 saturated heterocycles. The number of carbonyl (C=O) groups is 3. The van der Waals surface area contributed by atoms with Crippen LogP contribution in [0.15, 0.2) is 42.5 Å². The number of amides is 3. The minimum absolute atomic E-state index is 0.208. The lowest BCUT2D eigenvalue weighted by Gasteiger charge is -2.15. The summed E-state index contributed by atoms with van der Waals surface area (Å²) >= 11 is 5.91. The summed E-state index contributed by atoms with van der Waals surface area (Å²) in [6.07, 6.45) is 0.415. The number of imide groups is 1. The second-order valence-electron chi connectivity index (χ2n) is 5.59. The molecule has 1 heterocycles. The van der Waals surface area contributed by atoms with E-state index in [0.29, 0.717) is 22.0 Å². The van der Waals surface area contributed by atoms with Gasteiger partial charge in [0.05, 0.1) is 5.69 Å². The molecule has 0 radical (unpaired) electrons. The van der Waals surface area contributed by atoms with Crippen LogP contribution in [-0.2, 0) is 9.59 Å². The summed E-state index contributed by atoms with van der Waals surface area (Å²) in [5.74, 6) is -0.807. The van der Waals surface area contributed by atoms with Gasteiger partial charge in [-0.3, -0.25) is 19.3 Å². The molecule has 24 heavy (non-hydrogen) atoms. The Balaban J connectivity index is 1.84. The van der Waals surface area contributed by atoms with Crippen LogP contribution >= 0.6 is 11.6 Å². The fourth-order valence-electron chi connectivity index (χ4n) is 2.61. The maximum absolute atomic E-state index is 12.4. The molecule has 5 nitrogen and oxygen atoms in total. The standard InChI is InChI=1S/C18H15ClN2O3/c1-11-9-13(19)5-6-15(11)20-18(24)12-3-2-4-14(10-12)21-16(22)7-8-17(21)23/h2-6,9-10H,7-8H2,1H3,(H,20,24). The Kier molecular flexibility index (Phi) is 4.36. The van der Waals surface area contributed by atoms with Crippen LogP contribution in [0.25, 0.3) is 0 Å². The summed E-state index contributed by atoms with van der Waals surface area (Å²) < 4.78 is 0. The summed E-state index contributed by atoms with van der Waals surface area (Å²) in [7, 11) is 0. The molecular formula is C18H15ClN2O3. The molecular weight excluding hydrogens is 328 g/mol. The van der Waals surface area contributed by atoms with Gasteiger partial charge >= 0.3 is 0 Å². The predicted octanol–water partition coefficient (Wildman–Crippen LogP) is 3.55. The lowest BCUT2D eigenvalue weighted by Crippen LogP contribution is -2.28. The molecule has 0 aliphatic carbocycles. The third kappa shape index (κ3) is 3.16. The van der Waals surface area contributed by atoms with Crippen LogP contribution in [0, 0.1) is 6.92 Å². The molecule has 3 rings (SSSR count). The predicted molar refractivity (Wildman–Crippen MR) is 92.3 cm³/mol. The molecule has 2 aromatic carbocycles. The zero-order valence-corrected chi connectivity index (χ0v) is 13.8. The van der Waals surface area contributed by atoms with E-state index in [1.807, 2.05) is 6.92 Å².